The minimum absolute atomic E-state index is 0.103. The molecule has 0 bridgehead atoms. The molecule has 1 amide bonds. The lowest BCUT2D eigenvalue weighted by Crippen LogP contribution is -2.49. The topological polar surface area (TPSA) is 79.6 Å². The number of anilines is 1. The number of nitrogens with one attached hydrogen (secondary N) is 1. The van der Waals surface area contributed by atoms with E-state index < -0.39 is 0 Å². The SMILES string of the molecule is N#Cc1ccccc1NC(=O)CN1CCN(CCO)CC1. The number of nitriles is 1. The Bertz CT molecular complexity index is 519. The van der Waals surface area contributed by atoms with Gasteiger partial charge in [0.15, 0.2) is 0 Å². The number of aliphatic hydroxyl groups is 1. The van der Waals surface area contributed by atoms with Crippen molar-refractivity contribution in [3.05, 3.63) is 29.8 Å². The molecule has 1 aliphatic rings. The van der Waals surface area contributed by atoms with E-state index in [1.807, 2.05) is 0 Å². The number of aliphatic hydroxyl groups excluding tert-OH is 1. The lowest BCUT2D eigenvalue weighted by Gasteiger charge is -2.33. The summed E-state index contributed by atoms with van der Waals surface area (Å²) in [7, 11) is 0. The first-order chi connectivity index (χ1) is 10.2. The minimum Gasteiger partial charge on any atom is -0.395 e. The fraction of sp³-hybridized carbons (Fsp3) is 0.467. The first kappa shape index (κ1) is 15.4. The highest BCUT2D eigenvalue weighted by Gasteiger charge is 2.18. The van der Waals surface area contributed by atoms with Gasteiger partial charge in [-0.25, -0.2) is 0 Å². The van der Waals surface area contributed by atoms with Crippen molar-refractivity contribution >= 4 is 11.6 Å². The number of amides is 1. The van der Waals surface area contributed by atoms with E-state index in [0.29, 0.717) is 24.3 Å². The quantitative estimate of drug-likeness (QED) is 0.804. The van der Waals surface area contributed by atoms with Crippen molar-refractivity contribution < 1.29 is 9.90 Å². The Kier molecular flexibility index (Phi) is 5.69. The predicted octanol–water partition coefficient (Wildman–Crippen LogP) is 0.107. The van der Waals surface area contributed by atoms with Crippen LogP contribution in [0.3, 0.4) is 0 Å². The van der Waals surface area contributed by atoms with Gasteiger partial charge in [-0.15, -0.1) is 0 Å². The molecule has 21 heavy (non-hydrogen) atoms. The number of β-amino-alcohol motifs (C(OH)–C–C–N with tert-alkyl or cyclic N) is 1. The fourth-order valence-electron chi connectivity index (χ4n) is 2.39. The monoisotopic (exact) mass is 288 g/mol. The van der Waals surface area contributed by atoms with Gasteiger partial charge in [0.25, 0.3) is 0 Å². The van der Waals surface area contributed by atoms with Crippen LogP contribution in [0.4, 0.5) is 5.69 Å². The van der Waals surface area contributed by atoms with Crippen LogP contribution in [0, 0.1) is 11.3 Å². The van der Waals surface area contributed by atoms with Crippen molar-refractivity contribution in [1.29, 1.82) is 5.26 Å². The molecule has 0 atom stereocenters. The van der Waals surface area contributed by atoms with Crippen LogP contribution in [0.5, 0.6) is 0 Å². The molecule has 2 rings (SSSR count). The van der Waals surface area contributed by atoms with Gasteiger partial charge in [-0.05, 0) is 12.1 Å². The average Bonchev–Trinajstić information content (AvgIpc) is 2.50. The number of carbonyl (C=O) groups is 1. The van der Waals surface area contributed by atoms with Gasteiger partial charge in [0.1, 0.15) is 6.07 Å². The Morgan fingerprint density at radius 3 is 2.57 bits per heavy atom. The zero-order chi connectivity index (χ0) is 15.1. The third-order valence-corrected chi connectivity index (χ3v) is 3.57. The third-order valence-electron chi connectivity index (χ3n) is 3.57. The molecular formula is C15H20N4O2. The van der Waals surface area contributed by atoms with Gasteiger partial charge < -0.3 is 10.4 Å². The zero-order valence-corrected chi connectivity index (χ0v) is 12.0. The lowest BCUT2D eigenvalue weighted by molar-refractivity contribution is -0.117. The number of para-hydroxylation sites is 1. The van der Waals surface area contributed by atoms with Gasteiger partial charge in [-0.3, -0.25) is 14.6 Å². The normalized spacial score (nSPS) is 16.4. The maximum absolute atomic E-state index is 12.0. The second-order valence-electron chi connectivity index (χ2n) is 5.05. The van der Waals surface area contributed by atoms with Crippen LogP contribution in [-0.2, 0) is 4.79 Å². The first-order valence-electron chi connectivity index (χ1n) is 7.07. The molecule has 6 heteroatoms. The maximum Gasteiger partial charge on any atom is 0.238 e. The summed E-state index contributed by atoms with van der Waals surface area (Å²) >= 11 is 0. The zero-order valence-electron chi connectivity index (χ0n) is 12.0. The van der Waals surface area contributed by atoms with Gasteiger partial charge in [0, 0.05) is 32.7 Å². The Hall–Kier alpha value is -1.94. The molecule has 0 aromatic heterocycles. The smallest absolute Gasteiger partial charge is 0.238 e. The van der Waals surface area contributed by atoms with Crippen LogP contribution in [0.25, 0.3) is 0 Å². The Morgan fingerprint density at radius 1 is 1.24 bits per heavy atom. The Labute approximate surface area is 124 Å². The molecule has 1 aromatic rings. The van der Waals surface area contributed by atoms with Crippen molar-refractivity contribution in [2.24, 2.45) is 0 Å². The average molecular weight is 288 g/mol. The van der Waals surface area contributed by atoms with E-state index >= 15 is 0 Å². The fourth-order valence-corrected chi connectivity index (χ4v) is 2.39. The highest BCUT2D eigenvalue weighted by Crippen LogP contribution is 2.13. The number of hydrogen-bond donors (Lipinski definition) is 2. The van der Waals surface area contributed by atoms with E-state index in [2.05, 4.69) is 21.2 Å². The van der Waals surface area contributed by atoms with Crippen LogP contribution >= 0.6 is 0 Å². The van der Waals surface area contributed by atoms with Gasteiger partial charge in [-0.2, -0.15) is 5.26 Å². The summed E-state index contributed by atoms with van der Waals surface area (Å²) < 4.78 is 0. The van der Waals surface area contributed by atoms with Crippen molar-refractivity contribution in [2.45, 2.75) is 0 Å². The Morgan fingerprint density at radius 2 is 1.90 bits per heavy atom. The highest BCUT2D eigenvalue weighted by molar-refractivity contribution is 5.93. The van der Waals surface area contributed by atoms with E-state index in [4.69, 9.17) is 10.4 Å². The molecule has 1 fully saturated rings. The van der Waals surface area contributed by atoms with Gasteiger partial charge >= 0.3 is 0 Å². The van der Waals surface area contributed by atoms with Crippen LogP contribution in [0.2, 0.25) is 0 Å². The molecule has 1 heterocycles. The standard InChI is InChI=1S/C15H20N4O2/c16-11-13-3-1-2-4-14(13)17-15(21)12-19-7-5-18(6-8-19)9-10-20/h1-4,20H,5-10,12H2,(H,17,21). The second-order valence-corrected chi connectivity index (χ2v) is 5.05. The molecule has 0 radical (unpaired) electrons. The molecule has 6 nitrogen and oxygen atoms in total. The van der Waals surface area contributed by atoms with Crippen LogP contribution < -0.4 is 5.32 Å². The third kappa shape index (κ3) is 4.53. The summed E-state index contributed by atoms with van der Waals surface area (Å²) in [6.45, 7) is 4.54. The highest BCUT2D eigenvalue weighted by atomic mass is 16.3. The van der Waals surface area contributed by atoms with Crippen LogP contribution in [-0.4, -0.2) is 66.7 Å². The second kappa shape index (κ2) is 7.74. The number of nitrogens with zero attached hydrogens (tertiary/aromatic N) is 3. The molecule has 112 valence electrons. The van der Waals surface area contributed by atoms with Crippen LogP contribution in [0.15, 0.2) is 24.3 Å². The van der Waals surface area contributed by atoms with E-state index in [-0.39, 0.29) is 12.5 Å². The molecule has 0 unspecified atom stereocenters. The summed E-state index contributed by atoms with van der Waals surface area (Å²) in [5.74, 6) is -0.103. The summed E-state index contributed by atoms with van der Waals surface area (Å²) in [5.41, 5.74) is 1.03. The summed E-state index contributed by atoms with van der Waals surface area (Å²) in [6.07, 6.45) is 0. The molecular weight excluding hydrogens is 268 g/mol. The molecule has 0 spiro atoms. The maximum atomic E-state index is 12.0. The number of piperazine rings is 1. The molecule has 2 N–H and O–H groups in total. The van der Waals surface area contributed by atoms with E-state index in [9.17, 15) is 4.79 Å². The van der Waals surface area contributed by atoms with Crippen LogP contribution in [0.1, 0.15) is 5.56 Å². The summed E-state index contributed by atoms with van der Waals surface area (Å²) in [4.78, 5) is 16.3. The summed E-state index contributed by atoms with van der Waals surface area (Å²) in [6, 6.07) is 9.05. The number of rotatable bonds is 5. The van der Waals surface area contributed by atoms with Crippen molar-refractivity contribution in [3.8, 4) is 6.07 Å². The predicted molar refractivity (Wildman–Crippen MR) is 79.8 cm³/mol. The molecule has 1 aromatic carbocycles. The van der Waals surface area contributed by atoms with E-state index in [0.717, 1.165) is 26.2 Å². The van der Waals surface area contributed by atoms with Crippen molar-refractivity contribution in [3.63, 3.8) is 0 Å². The van der Waals surface area contributed by atoms with Gasteiger partial charge in [0.05, 0.1) is 24.4 Å². The molecule has 0 aliphatic carbocycles. The first-order valence-corrected chi connectivity index (χ1v) is 7.07. The summed E-state index contributed by atoms with van der Waals surface area (Å²) in [5, 5.41) is 20.7. The Balaban J connectivity index is 1.82. The van der Waals surface area contributed by atoms with Gasteiger partial charge in [-0.1, -0.05) is 12.1 Å². The number of hydrogen-bond acceptors (Lipinski definition) is 5. The largest absolute Gasteiger partial charge is 0.395 e. The van der Waals surface area contributed by atoms with Crippen molar-refractivity contribution in [2.75, 3.05) is 51.2 Å². The van der Waals surface area contributed by atoms with E-state index in [1.54, 1.807) is 24.3 Å². The lowest BCUT2D eigenvalue weighted by atomic mass is 10.2. The van der Waals surface area contributed by atoms with Gasteiger partial charge in [0.2, 0.25) is 5.91 Å². The van der Waals surface area contributed by atoms with E-state index in [1.165, 1.54) is 0 Å². The number of benzene rings is 1. The molecule has 0 saturated carbocycles. The van der Waals surface area contributed by atoms with Crippen molar-refractivity contribution in [1.82, 2.24) is 9.80 Å². The molecule has 1 saturated heterocycles. The molecule has 1 aliphatic heterocycles. The number of carbonyl (C=O) groups excluding carboxylic acids is 1. The minimum atomic E-state index is -0.103.